The Labute approximate surface area is 201 Å². The van der Waals surface area contributed by atoms with Gasteiger partial charge in [-0.2, -0.15) is 0 Å². The van der Waals surface area contributed by atoms with Crippen LogP contribution in [0.25, 0.3) is 0 Å². The fourth-order valence-corrected chi connectivity index (χ4v) is 3.95. The third-order valence-electron chi connectivity index (χ3n) is 4.46. The third-order valence-corrected chi connectivity index (χ3v) is 5.44. The van der Waals surface area contributed by atoms with Gasteiger partial charge in [-0.1, -0.05) is 0 Å². The second-order valence-electron chi connectivity index (χ2n) is 7.36. The molecule has 0 bridgehead atoms. The summed E-state index contributed by atoms with van der Waals surface area (Å²) in [5.41, 5.74) is 6.34. The van der Waals surface area contributed by atoms with Gasteiger partial charge in [-0.15, -0.1) is 11.8 Å². The summed E-state index contributed by atoms with van der Waals surface area (Å²) in [6.07, 6.45) is -5.93. The number of benzene rings is 1. The highest BCUT2D eigenvalue weighted by Gasteiger charge is 2.52. The van der Waals surface area contributed by atoms with E-state index in [0.29, 0.717) is 11.4 Å². The highest BCUT2D eigenvalue weighted by atomic mass is 32.2. The summed E-state index contributed by atoms with van der Waals surface area (Å²) in [5, 5.41) is 0. The van der Waals surface area contributed by atoms with E-state index in [1.165, 1.54) is 25.6 Å². The lowest BCUT2D eigenvalue weighted by Crippen LogP contribution is -2.63. The maximum atomic E-state index is 11.8. The lowest BCUT2D eigenvalue weighted by molar-refractivity contribution is -0.307. The Morgan fingerprint density at radius 3 is 1.97 bits per heavy atom. The molecule has 1 fully saturated rings. The molecule has 0 unspecified atom stereocenters. The van der Waals surface area contributed by atoms with E-state index in [1.54, 1.807) is 12.1 Å². The molecule has 5 atom stereocenters. The Bertz CT molecular complexity index is 862. The summed E-state index contributed by atoms with van der Waals surface area (Å²) in [6.45, 7) is 4.56. The molecule has 0 aliphatic carbocycles. The van der Waals surface area contributed by atoms with Gasteiger partial charge in [0.2, 0.25) is 0 Å². The van der Waals surface area contributed by atoms with Crippen molar-refractivity contribution in [1.29, 1.82) is 0 Å². The van der Waals surface area contributed by atoms with E-state index >= 15 is 0 Å². The van der Waals surface area contributed by atoms with Gasteiger partial charge in [0, 0.05) is 44.0 Å². The Morgan fingerprint density at radius 1 is 0.853 bits per heavy atom. The number of ether oxygens (including phenoxy) is 6. The van der Waals surface area contributed by atoms with E-state index in [9.17, 15) is 19.2 Å². The van der Waals surface area contributed by atoms with Crippen molar-refractivity contribution in [2.45, 2.75) is 63.3 Å². The predicted octanol–water partition coefficient (Wildman–Crippen LogP) is 1.46. The Balaban J connectivity index is 2.20. The minimum atomic E-state index is -1.26. The SMILES string of the molecule is CC(=O)OC[C@H]1O[C@@H](OCCSc2ccc(N)cc2)[C@H](OC(C)=O)[C@@H](OC(C)=O)[C@H]1OC(C)=O. The fourth-order valence-electron chi connectivity index (χ4n) is 3.21. The highest BCUT2D eigenvalue weighted by Crippen LogP contribution is 2.30. The molecule has 1 heterocycles. The van der Waals surface area contributed by atoms with Crippen molar-refractivity contribution in [2.24, 2.45) is 0 Å². The van der Waals surface area contributed by atoms with Gasteiger partial charge in [-0.25, -0.2) is 0 Å². The molecule has 34 heavy (non-hydrogen) atoms. The molecule has 0 saturated carbocycles. The molecule has 0 spiro atoms. The van der Waals surface area contributed by atoms with Crippen LogP contribution in [0.15, 0.2) is 29.2 Å². The standard InChI is InChI=1S/C22H29NO10S/c1-12(24)29-11-18-19(30-13(2)25)20(31-14(3)26)21(32-15(4)27)22(33-18)28-9-10-34-17-7-5-16(23)6-8-17/h5-8,18-22H,9-11,23H2,1-4H3/t18-,19+,20+,21-,22-/m1/s1. The van der Waals surface area contributed by atoms with Crippen LogP contribution in [0.2, 0.25) is 0 Å². The summed E-state index contributed by atoms with van der Waals surface area (Å²) < 4.78 is 32.7. The number of anilines is 1. The third kappa shape index (κ3) is 8.84. The van der Waals surface area contributed by atoms with E-state index in [0.717, 1.165) is 18.7 Å². The molecular formula is C22H29NO10S. The largest absolute Gasteiger partial charge is 0.463 e. The van der Waals surface area contributed by atoms with Crippen LogP contribution in [0.1, 0.15) is 27.7 Å². The molecule has 1 saturated heterocycles. The summed E-state index contributed by atoms with van der Waals surface area (Å²) >= 11 is 1.50. The molecule has 2 N–H and O–H groups in total. The van der Waals surface area contributed by atoms with Crippen molar-refractivity contribution in [3.63, 3.8) is 0 Å². The molecule has 1 aliphatic heterocycles. The van der Waals surface area contributed by atoms with E-state index in [4.69, 9.17) is 34.2 Å². The maximum absolute atomic E-state index is 11.8. The Hall–Kier alpha value is -2.83. The van der Waals surface area contributed by atoms with Gasteiger partial charge in [0.1, 0.15) is 12.7 Å². The topological polar surface area (TPSA) is 150 Å². The fraction of sp³-hybridized carbons (Fsp3) is 0.545. The van der Waals surface area contributed by atoms with Gasteiger partial charge in [-0.05, 0) is 24.3 Å². The van der Waals surface area contributed by atoms with E-state index < -0.39 is 54.6 Å². The molecule has 0 aromatic heterocycles. The van der Waals surface area contributed by atoms with Crippen molar-refractivity contribution in [2.75, 3.05) is 24.7 Å². The van der Waals surface area contributed by atoms with Crippen molar-refractivity contribution < 1.29 is 47.6 Å². The monoisotopic (exact) mass is 499 g/mol. The first kappa shape index (κ1) is 27.4. The smallest absolute Gasteiger partial charge is 0.303 e. The van der Waals surface area contributed by atoms with Gasteiger partial charge in [0.25, 0.3) is 0 Å². The van der Waals surface area contributed by atoms with Crippen molar-refractivity contribution in [1.82, 2.24) is 0 Å². The molecule has 1 aliphatic rings. The first-order valence-electron chi connectivity index (χ1n) is 10.5. The zero-order chi connectivity index (χ0) is 25.3. The van der Waals surface area contributed by atoms with Crippen LogP contribution in [-0.2, 0) is 47.6 Å². The lowest BCUT2D eigenvalue weighted by atomic mass is 9.98. The summed E-state index contributed by atoms with van der Waals surface area (Å²) in [4.78, 5) is 47.7. The molecular weight excluding hydrogens is 470 g/mol. The molecule has 11 nitrogen and oxygen atoms in total. The second-order valence-corrected chi connectivity index (χ2v) is 8.52. The summed E-state index contributed by atoms with van der Waals surface area (Å²) in [6, 6.07) is 7.30. The van der Waals surface area contributed by atoms with Crippen LogP contribution in [0.5, 0.6) is 0 Å². The van der Waals surface area contributed by atoms with Gasteiger partial charge >= 0.3 is 23.9 Å². The number of esters is 4. The first-order valence-corrected chi connectivity index (χ1v) is 11.5. The molecule has 1 aromatic rings. The van der Waals surface area contributed by atoms with Crippen molar-refractivity contribution in [3.8, 4) is 0 Å². The number of thioether (sulfide) groups is 1. The van der Waals surface area contributed by atoms with Gasteiger partial charge in [0.05, 0.1) is 6.61 Å². The number of carbonyl (C=O) groups excluding carboxylic acids is 4. The Kier molecular flexibility index (Phi) is 10.6. The average Bonchev–Trinajstić information content (AvgIpc) is 2.74. The number of rotatable bonds is 10. The number of carbonyl (C=O) groups is 4. The average molecular weight is 500 g/mol. The number of nitrogen functional groups attached to an aromatic ring is 1. The van der Waals surface area contributed by atoms with Crippen LogP contribution >= 0.6 is 11.8 Å². The van der Waals surface area contributed by atoms with E-state index in [2.05, 4.69) is 0 Å². The minimum absolute atomic E-state index is 0.169. The summed E-state index contributed by atoms with van der Waals surface area (Å²) in [7, 11) is 0. The highest BCUT2D eigenvalue weighted by molar-refractivity contribution is 7.99. The number of nitrogens with two attached hydrogens (primary N) is 1. The van der Waals surface area contributed by atoms with Crippen molar-refractivity contribution >= 4 is 41.3 Å². The van der Waals surface area contributed by atoms with Gasteiger partial charge < -0.3 is 34.2 Å². The van der Waals surface area contributed by atoms with Crippen LogP contribution in [-0.4, -0.2) is 73.5 Å². The quantitative estimate of drug-likeness (QED) is 0.163. The number of hydrogen-bond donors (Lipinski definition) is 1. The van der Waals surface area contributed by atoms with E-state index in [-0.39, 0.29) is 13.2 Å². The second kappa shape index (κ2) is 13.2. The molecule has 0 radical (unpaired) electrons. The molecule has 2 rings (SSSR count). The molecule has 0 amide bonds. The van der Waals surface area contributed by atoms with E-state index in [1.807, 2.05) is 12.1 Å². The van der Waals surface area contributed by atoms with Gasteiger partial charge in [-0.3, -0.25) is 19.2 Å². The molecule has 12 heteroatoms. The molecule has 188 valence electrons. The van der Waals surface area contributed by atoms with Gasteiger partial charge in [0.15, 0.2) is 24.6 Å². The first-order chi connectivity index (χ1) is 16.1. The van der Waals surface area contributed by atoms with Crippen LogP contribution in [0, 0.1) is 0 Å². The minimum Gasteiger partial charge on any atom is -0.463 e. The zero-order valence-electron chi connectivity index (χ0n) is 19.4. The van der Waals surface area contributed by atoms with Crippen molar-refractivity contribution in [3.05, 3.63) is 24.3 Å². The zero-order valence-corrected chi connectivity index (χ0v) is 20.2. The predicted molar refractivity (Wildman–Crippen MR) is 119 cm³/mol. The maximum Gasteiger partial charge on any atom is 0.303 e. The van der Waals surface area contributed by atoms with Crippen LogP contribution < -0.4 is 5.73 Å². The number of hydrogen-bond acceptors (Lipinski definition) is 12. The Morgan fingerprint density at radius 2 is 1.41 bits per heavy atom. The van der Waals surface area contributed by atoms with Crippen LogP contribution in [0.3, 0.4) is 0 Å². The summed E-state index contributed by atoms with van der Waals surface area (Å²) in [5.74, 6) is -2.16. The lowest BCUT2D eigenvalue weighted by Gasteiger charge is -2.44. The molecule has 1 aromatic carbocycles. The van der Waals surface area contributed by atoms with Crippen LogP contribution in [0.4, 0.5) is 5.69 Å². The normalized spacial score (nSPS) is 24.1.